The quantitative estimate of drug-likeness (QED) is 0.565. The molecule has 0 heterocycles. The van der Waals surface area contributed by atoms with Crippen molar-refractivity contribution in [3.63, 3.8) is 0 Å². The summed E-state index contributed by atoms with van der Waals surface area (Å²) >= 11 is 5.19. The Kier molecular flexibility index (Phi) is 8.26. The van der Waals surface area contributed by atoms with Crippen molar-refractivity contribution in [2.24, 2.45) is 5.92 Å². The van der Waals surface area contributed by atoms with Gasteiger partial charge in [0.25, 0.3) is 0 Å². The number of esters is 1. The second-order valence-electron chi connectivity index (χ2n) is 4.95. The molecule has 0 aliphatic rings. The van der Waals surface area contributed by atoms with Crippen molar-refractivity contribution in [3.8, 4) is 0 Å². The molecule has 0 radical (unpaired) electrons. The Morgan fingerprint density at radius 3 is 2.85 bits per heavy atom. The molecular formula is C15H22BrNO2S. The fourth-order valence-electron chi connectivity index (χ4n) is 1.65. The van der Waals surface area contributed by atoms with Crippen LogP contribution < -0.4 is 5.32 Å². The van der Waals surface area contributed by atoms with E-state index < -0.39 is 0 Å². The average Bonchev–Trinajstić information content (AvgIpc) is 2.40. The molecule has 20 heavy (non-hydrogen) atoms. The number of methoxy groups -OCH3 is 1. The standard InChI is InChI=1S/C15H22BrNO2S/c1-11(2)9-17-10-12-4-5-13(16)8-14(12)20-7-6-15(18)19-3/h4-5,8,11,17H,6-7,9-10H2,1-3H3. The maximum Gasteiger partial charge on any atom is 0.306 e. The van der Waals surface area contributed by atoms with E-state index in [1.165, 1.54) is 17.6 Å². The predicted octanol–water partition coefficient (Wildman–Crippen LogP) is 3.85. The lowest BCUT2D eigenvalue weighted by Gasteiger charge is -2.12. The molecule has 5 heteroatoms. The highest BCUT2D eigenvalue weighted by atomic mass is 79.9. The Hall–Kier alpha value is -0.520. The van der Waals surface area contributed by atoms with Crippen molar-refractivity contribution in [1.82, 2.24) is 5.32 Å². The summed E-state index contributed by atoms with van der Waals surface area (Å²) in [5.41, 5.74) is 1.27. The predicted molar refractivity (Wildman–Crippen MR) is 88.0 cm³/mol. The van der Waals surface area contributed by atoms with E-state index in [4.69, 9.17) is 0 Å². The van der Waals surface area contributed by atoms with E-state index in [0.717, 1.165) is 23.3 Å². The molecule has 0 aromatic heterocycles. The van der Waals surface area contributed by atoms with Crippen LogP contribution in [0.5, 0.6) is 0 Å². The molecule has 0 atom stereocenters. The zero-order valence-corrected chi connectivity index (χ0v) is 14.6. The van der Waals surface area contributed by atoms with Gasteiger partial charge in [0.05, 0.1) is 13.5 Å². The van der Waals surface area contributed by atoms with Crippen molar-refractivity contribution >= 4 is 33.7 Å². The van der Waals surface area contributed by atoms with E-state index in [0.29, 0.717) is 12.3 Å². The van der Waals surface area contributed by atoms with Crippen molar-refractivity contribution in [1.29, 1.82) is 0 Å². The highest BCUT2D eigenvalue weighted by molar-refractivity contribution is 9.10. The summed E-state index contributed by atoms with van der Waals surface area (Å²) in [7, 11) is 1.42. The molecule has 0 saturated heterocycles. The molecule has 3 nitrogen and oxygen atoms in total. The maximum absolute atomic E-state index is 11.1. The van der Waals surface area contributed by atoms with Gasteiger partial charge < -0.3 is 10.1 Å². The smallest absolute Gasteiger partial charge is 0.306 e. The van der Waals surface area contributed by atoms with Gasteiger partial charge >= 0.3 is 5.97 Å². The minimum Gasteiger partial charge on any atom is -0.469 e. The fraction of sp³-hybridized carbons (Fsp3) is 0.533. The van der Waals surface area contributed by atoms with Gasteiger partial charge in [0.2, 0.25) is 0 Å². The molecule has 0 spiro atoms. The van der Waals surface area contributed by atoms with Gasteiger partial charge in [0.1, 0.15) is 0 Å². The van der Waals surface area contributed by atoms with Gasteiger partial charge in [-0.15, -0.1) is 11.8 Å². The first-order chi connectivity index (χ1) is 9.52. The minimum absolute atomic E-state index is 0.160. The van der Waals surface area contributed by atoms with Gasteiger partial charge in [0, 0.05) is 21.7 Å². The third-order valence-electron chi connectivity index (χ3n) is 2.69. The first-order valence-electron chi connectivity index (χ1n) is 6.71. The molecule has 0 saturated carbocycles. The summed E-state index contributed by atoms with van der Waals surface area (Å²) in [6, 6.07) is 6.28. The van der Waals surface area contributed by atoms with Gasteiger partial charge in [-0.2, -0.15) is 0 Å². The van der Waals surface area contributed by atoms with Crippen molar-refractivity contribution in [2.75, 3.05) is 19.4 Å². The van der Waals surface area contributed by atoms with Crippen LogP contribution in [0.25, 0.3) is 0 Å². The molecule has 0 amide bonds. The van der Waals surface area contributed by atoms with Crippen molar-refractivity contribution in [3.05, 3.63) is 28.2 Å². The number of ether oxygens (including phenoxy) is 1. The largest absolute Gasteiger partial charge is 0.469 e. The first kappa shape index (κ1) is 17.5. The first-order valence-corrected chi connectivity index (χ1v) is 8.49. The van der Waals surface area contributed by atoms with Crippen LogP contribution in [-0.4, -0.2) is 25.4 Å². The Bertz CT molecular complexity index is 438. The molecule has 1 aromatic rings. The second kappa shape index (κ2) is 9.42. The van der Waals surface area contributed by atoms with Crippen LogP contribution in [0.2, 0.25) is 0 Å². The number of halogens is 1. The number of hydrogen-bond acceptors (Lipinski definition) is 4. The van der Waals surface area contributed by atoms with E-state index in [2.05, 4.69) is 58.0 Å². The van der Waals surface area contributed by atoms with E-state index in [9.17, 15) is 4.79 Å². The number of hydrogen-bond donors (Lipinski definition) is 1. The molecule has 1 N–H and O–H groups in total. The SMILES string of the molecule is COC(=O)CCSc1cc(Br)ccc1CNCC(C)C. The maximum atomic E-state index is 11.1. The Morgan fingerprint density at radius 1 is 1.45 bits per heavy atom. The van der Waals surface area contributed by atoms with Gasteiger partial charge in [-0.1, -0.05) is 35.8 Å². The van der Waals surface area contributed by atoms with E-state index >= 15 is 0 Å². The van der Waals surface area contributed by atoms with Gasteiger partial charge in [-0.05, 0) is 30.2 Å². The second-order valence-corrected chi connectivity index (χ2v) is 7.00. The van der Waals surface area contributed by atoms with Crippen LogP contribution in [0.1, 0.15) is 25.8 Å². The minimum atomic E-state index is -0.160. The summed E-state index contributed by atoms with van der Waals surface area (Å²) in [4.78, 5) is 12.4. The van der Waals surface area contributed by atoms with Crippen LogP contribution in [0.3, 0.4) is 0 Å². The van der Waals surface area contributed by atoms with Crippen LogP contribution in [0.15, 0.2) is 27.6 Å². The number of carbonyl (C=O) groups is 1. The van der Waals surface area contributed by atoms with Crippen LogP contribution in [-0.2, 0) is 16.1 Å². The van der Waals surface area contributed by atoms with E-state index in [1.807, 2.05) is 0 Å². The molecule has 1 aromatic carbocycles. The van der Waals surface area contributed by atoms with E-state index in [1.54, 1.807) is 11.8 Å². The lowest BCUT2D eigenvalue weighted by molar-refractivity contribution is -0.140. The molecular weight excluding hydrogens is 338 g/mol. The summed E-state index contributed by atoms with van der Waals surface area (Å²) in [6.07, 6.45) is 0.437. The summed E-state index contributed by atoms with van der Waals surface area (Å²) < 4.78 is 5.72. The van der Waals surface area contributed by atoms with Gasteiger partial charge in [0.15, 0.2) is 0 Å². The third-order valence-corrected chi connectivity index (χ3v) is 4.28. The van der Waals surface area contributed by atoms with E-state index in [-0.39, 0.29) is 5.97 Å². The van der Waals surface area contributed by atoms with Crippen molar-refractivity contribution in [2.45, 2.75) is 31.7 Å². The number of carbonyl (C=O) groups excluding carboxylic acids is 1. The third kappa shape index (κ3) is 6.77. The molecule has 0 aliphatic heterocycles. The van der Waals surface area contributed by atoms with Crippen molar-refractivity contribution < 1.29 is 9.53 Å². The monoisotopic (exact) mass is 359 g/mol. The fourth-order valence-corrected chi connectivity index (χ4v) is 3.19. The molecule has 112 valence electrons. The number of thioether (sulfide) groups is 1. The van der Waals surface area contributed by atoms with Crippen LogP contribution >= 0.6 is 27.7 Å². The highest BCUT2D eigenvalue weighted by Gasteiger charge is 2.07. The summed E-state index contributed by atoms with van der Waals surface area (Å²) in [5.74, 6) is 1.22. The average molecular weight is 360 g/mol. The Morgan fingerprint density at radius 2 is 2.20 bits per heavy atom. The zero-order valence-electron chi connectivity index (χ0n) is 12.2. The van der Waals surface area contributed by atoms with Crippen LogP contribution in [0.4, 0.5) is 0 Å². The Balaban J connectivity index is 2.57. The lowest BCUT2D eigenvalue weighted by Crippen LogP contribution is -2.19. The number of rotatable bonds is 8. The summed E-state index contributed by atoms with van der Waals surface area (Å²) in [5, 5.41) is 3.45. The lowest BCUT2D eigenvalue weighted by atomic mass is 10.2. The zero-order chi connectivity index (χ0) is 15.0. The highest BCUT2D eigenvalue weighted by Crippen LogP contribution is 2.27. The Labute approximate surface area is 134 Å². The van der Waals surface area contributed by atoms with Gasteiger partial charge in [-0.3, -0.25) is 4.79 Å². The molecule has 0 aliphatic carbocycles. The molecule has 0 fully saturated rings. The molecule has 0 unspecified atom stereocenters. The molecule has 1 rings (SSSR count). The number of benzene rings is 1. The number of nitrogens with one attached hydrogen (secondary N) is 1. The molecule has 0 bridgehead atoms. The topological polar surface area (TPSA) is 38.3 Å². The van der Waals surface area contributed by atoms with Gasteiger partial charge in [-0.25, -0.2) is 0 Å². The van der Waals surface area contributed by atoms with Crippen LogP contribution in [0, 0.1) is 5.92 Å². The normalized spacial score (nSPS) is 10.8. The summed E-state index contributed by atoms with van der Waals surface area (Å²) in [6.45, 7) is 6.25.